The Balaban J connectivity index is 1.48. The first-order chi connectivity index (χ1) is 17.5. The molecule has 3 aromatic rings. The van der Waals surface area contributed by atoms with Gasteiger partial charge in [-0.1, -0.05) is 36.5 Å². The first kappa shape index (κ1) is 26.7. The number of likely N-dealkylation sites (tertiary alicyclic amines) is 1. The Labute approximate surface area is 227 Å². The number of aromatic amines is 1. The summed E-state index contributed by atoms with van der Waals surface area (Å²) in [5.41, 5.74) is 2.01. The highest BCUT2D eigenvalue weighted by atomic mass is 35.5. The predicted molar refractivity (Wildman–Crippen MR) is 147 cm³/mol. The summed E-state index contributed by atoms with van der Waals surface area (Å²) in [5.74, 6) is 1.13. The molecule has 5 rings (SSSR count). The van der Waals surface area contributed by atoms with Gasteiger partial charge in [0.1, 0.15) is 23.8 Å². The lowest BCUT2D eigenvalue weighted by molar-refractivity contribution is 0.0667. The molecule has 0 bridgehead atoms. The van der Waals surface area contributed by atoms with Crippen molar-refractivity contribution >= 4 is 34.1 Å². The number of alkyl halides is 1. The molecule has 3 heterocycles. The molecule has 2 unspecified atom stereocenters. The fourth-order valence-electron chi connectivity index (χ4n) is 5.83. The largest absolute Gasteiger partial charge is 0.492 e. The molecule has 0 saturated carbocycles. The number of H-pyrrole nitrogens is 1. The van der Waals surface area contributed by atoms with Crippen molar-refractivity contribution in [1.82, 2.24) is 14.8 Å². The standard InChI is InChI=1S/C29H35Cl2F2N3O/c1-5-18-14-35(15-18)8-9-37-20-12-23(30)26(24(31)13-20)28-27-22(10-17(2)36(28)16-29(3,4)33)21-11-19(32)6-7-25(21)34-27/h6-7,11-13,17-18,28,34H,5,8-10,14-16H2,1-4H3. The van der Waals surface area contributed by atoms with Crippen LogP contribution in [0.2, 0.25) is 10.0 Å². The second kappa shape index (κ2) is 10.4. The van der Waals surface area contributed by atoms with Gasteiger partial charge in [-0.15, -0.1) is 0 Å². The van der Waals surface area contributed by atoms with Crippen LogP contribution in [0.3, 0.4) is 0 Å². The van der Waals surface area contributed by atoms with Crippen LogP contribution in [0, 0.1) is 11.7 Å². The number of halogens is 4. The van der Waals surface area contributed by atoms with Crippen molar-refractivity contribution in [3.8, 4) is 5.75 Å². The van der Waals surface area contributed by atoms with Crippen molar-refractivity contribution in [2.24, 2.45) is 5.92 Å². The summed E-state index contributed by atoms with van der Waals surface area (Å²) in [6, 6.07) is 7.92. The molecule has 0 aliphatic carbocycles. The van der Waals surface area contributed by atoms with Gasteiger partial charge in [0.05, 0.1) is 16.1 Å². The molecule has 1 saturated heterocycles. The number of rotatable bonds is 8. The first-order valence-electron chi connectivity index (χ1n) is 13.1. The quantitative estimate of drug-likeness (QED) is 0.317. The van der Waals surface area contributed by atoms with Gasteiger partial charge in [-0.05, 0) is 69.0 Å². The first-order valence-corrected chi connectivity index (χ1v) is 13.9. The Morgan fingerprint density at radius 1 is 1.14 bits per heavy atom. The summed E-state index contributed by atoms with van der Waals surface area (Å²) in [6.45, 7) is 11.3. The van der Waals surface area contributed by atoms with E-state index < -0.39 is 11.7 Å². The Bertz CT molecular complexity index is 1260. The summed E-state index contributed by atoms with van der Waals surface area (Å²) in [7, 11) is 0. The van der Waals surface area contributed by atoms with Gasteiger partial charge in [-0.2, -0.15) is 0 Å². The molecule has 8 heteroatoms. The summed E-state index contributed by atoms with van der Waals surface area (Å²) in [6.07, 6.45) is 1.88. The predicted octanol–water partition coefficient (Wildman–Crippen LogP) is 7.42. The van der Waals surface area contributed by atoms with E-state index in [2.05, 4.69) is 28.6 Å². The van der Waals surface area contributed by atoms with Crippen LogP contribution in [0.15, 0.2) is 30.3 Å². The van der Waals surface area contributed by atoms with E-state index in [-0.39, 0.29) is 18.4 Å². The van der Waals surface area contributed by atoms with Crippen LogP contribution in [-0.4, -0.2) is 59.3 Å². The second-order valence-corrected chi connectivity index (χ2v) is 12.1. The number of hydrogen-bond acceptors (Lipinski definition) is 3. The Morgan fingerprint density at radius 2 is 1.84 bits per heavy atom. The van der Waals surface area contributed by atoms with Gasteiger partial charge in [-0.25, -0.2) is 8.78 Å². The number of nitrogens with zero attached hydrogens (tertiary/aromatic N) is 2. The van der Waals surface area contributed by atoms with E-state index in [1.165, 1.54) is 12.5 Å². The molecule has 1 aromatic heterocycles. The van der Waals surface area contributed by atoms with Crippen LogP contribution in [0.4, 0.5) is 8.78 Å². The van der Waals surface area contributed by atoms with Crippen molar-refractivity contribution in [3.63, 3.8) is 0 Å². The summed E-state index contributed by atoms with van der Waals surface area (Å²) in [4.78, 5) is 7.97. The maximum absolute atomic E-state index is 15.0. The average Bonchev–Trinajstić information content (AvgIpc) is 3.13. The van der Waals surface area contributed by atoms with Crippen LogP contribution in [0.1, 0.15) is 57.0 Å². The van der Waals surface area contributed by atoms with E-state index in [0.29, 0.717) is 34.4 Å². The molecule has 2 aliphatic heterocycles. The molecule has 200 valence electrons. The monoisotopic (exact) mass is 549 g/mol. The van der Waals surface area contributed by atoms with Gasteiger partial charge in [0.2, 0.25) is 0 Å². The zero-order valence-corrected chi connectivity index (χ0v) is 23.4. The molecular formula is C29H35Cl2F2N3O. The highest BCUT2D eigenvalue weighted by Crippen LogP contribution is 2.46. The number of hydrogen-bond donors (Lipinski definition) is 1. The molecule has 2 aromatic carbocycles. The maximum Gasteiger partial charge on any atom is 0.123 e. The molecule has 2 atom stereocenters. The number of nitrogens with one attached hydrogen (secondary N) is 1. The van der Waals surface area contributed by atoms with Crippen molar-refractivity contribution in [2.45, 2.75) is 58.3 Å². The van der Waals surface area contributed by atoms with Crippen molar-refractivity contribution < 1.29 is 13.5 Å². The van der Waals surface area contributed by atoms with Gasteiger partial charge in [0.15, 0.2) is 0 Å². The Hall–Kier alpha value is -1.86. The van der Waals surface area contributed by atoms with Crippen LogP contribution in [0.25, 0.3) is 10.9 Å². The number of aromatic nitrogens is 1. The van der Waals surface area contributed by atoms with E-state index >= 15 is 4.39 Å². The van der Waals surface area contributed by atoms with Crippen molar-refractivity contribution in [2.75, 3.05) is 32.8 Å². The molecule has 0 spiro atoms. The van der Waals surface area contributed by atoms with Gasteiger partial charge in [-0.3, -0.25) is 9.80 Å². The average molecular weight is 551 g/mol. The van der Waals surface area contributed by atoms with E-state index in [1.807, 2.05) is 0 Å². The second-order valence-electron chi connectivity index (χ2n) is 11.2. The Kier molecular flexibility index (Phi) is 7.49. The smallest absolute Gasteiger partial charge is 0.123 e. The topological polar surface area (TPSA) is 31.5 Å². The van der Waals surface area contributed by atoms with Gasteiger partial charge < -0.3 is 9.72 Å². The highest BCUT2D eigenvalue weighted by molar-refractivity contribution is 6.36. The molecule has 1 N–H and O–H groups in total. The van der Waals surface area contributed by atoms with E-state index in [9.17, 15) is 4.39 Å². The van der Waals surface area contributed by atoms with Crippen LogP contribution >= 0.6 is 23.2 Å². The van der Waals surface area contributed by atoms with Crippen molar-refractivity contribution in [1.29, 1.82) is 0 Å². The third kappa shape index (κ3) is 5.49. The SMILES string of the molecule is CCC1CN(CCOc2cc(Cl)c(C3c4[nH]c5ccc(F)cc5c4CC(C)N3CC(C)(C)F)c(Cl)c2)C1. The zero-order valence-electron chi connectivity index (χ0n) is 21.9. The van der Waals surface area contributed by atoms with Gasteiger partial charge in [0, 0.05) is 54.4 Å². The minimum atomic E-state index is -1.43. The van der Waals surface area contributed by atoms with Crippen molar-refractivity contribution in [3.05, 3.63) is 63.0 Å². The van der Waals surface area contributed by atoms with Crippen LogP contribution < -0.4 is 4.74 Å². The van der Waals surface area contributed by atoms with Crippen LogP contribution in [0.5, 0.6) is 5.75 Å². The lowest BCUT2D eigenvalue weighted by Gasteiger charge is -2.43. The minimum Gasteiger partial charge on any atom is -0.492 e. The number of benzene rings is 2. The molecule has 0 radical (unpaired) electrons. The number of fused-ring (bicyclic) bond motifs is 3. The third-order valence-electron chi connectivity index (χ3n) is 7.74. The highest BCUT2D eigenvalue weighted by Gasteiger charge is 2.40. The molecule has 0 amide bonds. The lowest BCUT2D eigenvalue weighted by Crippen LogP contribution is -2.48. The number of ether oxygens (including phenoxy) is 1. The zero-order chi connectivity index (χ0) is 26.5. The molecular weight excluding hydrogens is 515 g/mol. The maximum atomic E-state index is 15.0. The van der Waals surface area contributed by atoms with E-state index in [0.717, 1.165) is 47.7 Å². The van der Waals surface area contributed by atoms with Gasteiger partial charge in [0.25, 0.3) is 0 Å². The molecule has 37 heavy (non-hydrogen) atoms. The molecule has 1 fully saturated rings. The fraction of sp³-hybridized carbons (Fsp3) is 0.517. The molecule has 4 nitrogen and oxygen atoms in total. The third-order valence-corrected chi connectivity index (χ3v) is 8.37. The Morgan fingerprint density at radius 3 is 2.49 bits per heavy atom. The van der Waals surface area contributed by atoms with E-state index in [1.54, 1.807) is 38.1 Å². The van der Waals surface area contributed by atoms with Crippen LogP contribution in [-0.2, 0) is 6.42 Å². The summed E-state index contributed by atoms with van der Waals surface area (Å²) >= 11 is 13.8. The summed E-state index contributed by atoms with van der Waals surface area (Å²) in [5, 5.41) is 1.78. The van der Waals surface area contributed by atoms with Gasteiger partial charge >= 0.3 is 0 Å². The fourth-order valence-corrected chi connectivity index (χ4v) is 6.51. The summed E-state index contributed by atoms with van der Waals surface area (Å²) < 4.78 is 35.2. The molecule has 2 aliphatic rings. The normalized spacial score (nSPS) is 21.3. The minimum absolute atomic E-state index is 0.0127. The lowest BCUT2D eigenvalue weighted by atomic mass is 9.87. The van der Waals surface area contributed by atoms with E-state index in [4.69, 9.17) is 27.9 Å².